The van der Waals surface area contributed by atoms with E-state index in [2.05, 4.69) is 0 Å². The lowest BCUT2D eigenvalue weighted by molar-refractivity contribution is -0.133. The Kier molecular flexibility index (Phi) is 2.82. The summed E-state index contributed by atoms with van der Waals surface area (Å²) in [5.74, 6) is 0.230. The second kappa shape index (κ2) is 4.44. The van der Waals surface area contributed by atoms with E-state index in [1.54, 1.807) is 36.5 Å². The van der Waals surface area contributed by atoms with Gasteiger partial charge in [-0.1, -0.05) is 12.2 Å². The van der Waals surface area contributed by atoms with Gasteiger partial charge in [0.15, 0.2) is 0 Å². The largest absolute Gasteiger partial charge is 0.423 e. The maximum absolute atomic E-state index is 10.7. The van der Waals surface area contributed by atoms with Gasteiger partial charge in [-0.15, -0.1) is 0 Å². The Bertz CT molecular complexity index is 431. The highest BCUT2D eigenvalue weighted by atomic mass is 16.5. The third-order valence-electron chi connectivity index (χ3n) is 1.84. The summed E-state index contributed by atoms with van der Waals surface area (Å²) in [5, 5.41) is 0. The monoisotopic (exact) mass is 216 g/mol. The fraction of sp³-hybridized carbons (Fsp3) is 0. The summed E-state index contributed by atoms with van der Waals surface area (Å²) in [6.07, 6.45) is 12.5. The Morgan fingerprint density at radius 3 is 1.50 bits per heavy atom. The van der Waals surface area contributed by atoms with E-state index in [9.17, 15) is 9.59 Å². The molecule has 0 unspecified atom stereocenters. The molecule has 0 bridgehead atoms. The number of esters is 2. The van der Waals surface area contributed by atoms with Crippen molar-refractivity contribution in [1.82, 2.24) is 0 Å². The normalized spacial score (nSPS) is 23.8. The van der Waals surface area contributed by atoms with Gasteiger partial charge in [-0.3, -0.25) is 0 Å². The zero-order valence-electron chi connectivity index (χ0n) is 8.25. The lowest BCUT2D eigenvalue weighted by atomic mass is 10.3. The van der Waals surface area contributed by atoms with Crippen molar-refractivity contribution in [3.8, 4) is 0 Å². The van der Waals surface area contributed by atoms with E-state index in [0.29, 0.717) is 11.5 Å². The molecule has 4 heteroatoms. The van der Waals surface area contributed by atoms with Gasteiger partial charge in [0.1, 0.15) is 11.5 Å². The van der Waals surface area contributed by atoms with E-state index in [4.69, 9.17) is 9.47 Å². The molecule has 0 saturated heterocycles. The average molecular weight is 216 g/mol. The number of carbonyl (C=O) groups excluding carboxylic acids is 2. The first-order chi connectivity index (χ1) is 7.74. The van der Waals surface area contributed by atoms with Crippen LogP contribution in [0.4, 0.5) is 0 Å². The fourth-order valence-electron chi connectivity index (χ4n) is 1.15. The summed E-state index contributed by atoms with van der Waals surface area (Å²) in [7, 11) is 0. The zero-order valence-corrected chi connectivity index (χ0v) is 8.25. The number of cyclic esters (lactones) is 2. The summed E-state index contributed by atoms with van der Waals surface area (Å²) < 4.78 is 9.58. The van der Waals surface area contributed by atoms with E-state index in [-0.39, 0.29) is 11.9 Å². The molecule has 2 aliphatic heterocycles. The molecule has 0 aromatic rings. The molecular formula is C12H8O4. The Hall–Kier alpha value is -2.36. The molecule has 0 fully saturated rings. The van der Waals surface area contributed by atoms with E-state index in [1.807, 2.05) is 0 Å². The van der Waals surface area contributed by atoms with Gasteiger partial charge in [0.25, 0.3) is 0 Å². The van der Waals surface area contributed by atoms with Gasteiger partial charge in [-0.25, -0.2) is 9.59 Å². The van der Waals surface area contributed by atoms with Crippen LogP contribution in [0.5, 0.6) is 0 Å². The van der Waals surface area contributed by atoms with Gasteiger partial charge < -0.3 is 9.47 Å². The predicted octanol–water partition coefficient (Wildman–Crippen LogP) is 1.54. The highest BCUT2D eigenvalue weighted by molar-refractivity contribution is 5.87. The Morgan fingerprint density at radius 2 is 1.19 bits per heavy atom. The van der Waals surface area contributed by atoms with Crippen LogP contribution < -0.4 is 0 Å². The molecule has 0 spiro atoms. The van der Waals surface area contributed by atoms with E-state index in [0.717, 1.165) is 0 Å². The minimum Gasteiger partial charge on any atom is -0.423 e. The topological polar surface area (TPSA) is 52.6 Å². The molecule has 16 heavy (non-hydrogen) atoms. The molecular weight excluding hydrogens is 208 g/mol. The van der Waals surface area contributed by atoms with Crippen molar-refractivity contribution >= 4 is 11.9 Å². The minimum atomic E-state index is -0.370. The van der Waals surface area contributed by atoms with Crippen LogP contribution in [0.1, 0.15) is 0 Å². The van der Waals surface area contributed by atoms with Crippen molar-refractivity contribution < 1.29 is 19.1 Å². The smallest absolute Gasteiger partial charge is 0.336 e. The van der Waals surface area contributed by atoms with Crippen LogP contribution in [-0.2, 0) is 19.1 Å². The molecule has 0 aromatic carbocycles. The fourth-order valence-corrected chi connectivity index (χ4v) is 1.15. The molecule has 0 radical (unpaired) electrons. The van der Waals surface area contributed by atoms with E-state index >= 15 is 0 Å². The van der Waals surface area contributed by atoms with Gasteiger partial charge in [0.2, 0.25) is 0 Å². The molecule has 0 saturated carbocycles. The van der Waals surface area contributed by atoms with Crippen LogP contribution in [0.2, 0.25) is 0 Å². The quantitative estimate of drug-likeness (QED) is 0.657. The number of hydrogen-bond acceptors (Lipinski definition) is 4. The summed E-state index contributed by atoms with van der Waals surface area (Å²) in [6.45, 7) is 0. The Balaban J connectivity index is 1.92. The molecule has 0 amide bonds. The first-order valence-corrected chi connectivity index (χ1v) is 4.62. The molecule has 80 valence electrons. The van der Waals surface area contributed by atoms with Crippen LogP contribution in [-0.4, -0.2) is 11.9 Å². The summed E-state index contributed by atoms with van der Waals surface area (Å²) >= 11 is 0. The molecule has 0 atom stereocenters. The summed E-state index contributed by atoms with van der Waals surface area (Å²) in [6, 6.07) is 0. The Labute approximate surface area is 91.8 Å². The highest BCUT2D eigenvalue weighted by Gasteiger charge is 2.08. The number of carbonyl (C=O) groups is 2. The second-order valence-corrected chi connectivity index (χ2v) is 3.03. The molecule has 2 rings (SSSR count). The third-order valence-corrected chi connectivity index (χ3v) is 1.84. The third kappa shape index (κ3) is 2.57. The van der Waals surface area contributed by atoms with Gasteiger partial charge in [0.05, 0.1) is 0 Å². The lowest BCUT2D eigenvalue weighted by Crippen LogP contribution is -1.89. The van der Waals surface area contributed by atoms with Crippen molar-refractivity contribution in [3.63, 3.8) is 0 Å². The molecule has 2 aliphatic rings. The van der Waals surface area contributed by atoms with Crippen LogP contribution in [0.25, 0.3) is 0 Å². The molecule has 2 heterocycles. The van der Waals surface area contributed by atoms with Gasteiger partial charge in [-0.05, 0) is 24.3 Å². The lowest BCUT2D eigenvalue weighted by Gasteiger charge is -1.92. The van der Waals surface area contributed by atoms with Crippen molar-refractivity contribution in [2.45, 2.75) is 0 Å². The van der Waals surface area contributed by atoms with Crippen molar-refractivity contribution in [2.24, 2.45) is 0 Å². The van der Waals surface area contributed by atoms with E-state index in [1.165, 1.54) is 12.2 Å². The first-order valence-electron chi connectivity index (χ1n) is 4.62. The van der Waals surface area contributed by atoms with Crippen LogP contribution >= 0.6 is 0 Å². The van der Waals surface area contributed by atoms with Gasteiger partial charge in [0, 0.05) is 12.2 Å². The Morgan fingerprint density at radius 1 is 0.750 bits per heavy atom. The minimum absolute atomic E-state index is 0.370. The van der Waals surface area contributed by atoms with Crippen molar-refractivity contribution in [2.75, 3.05) is 0 Å². The first kappa shape index (κ1) is 10.2. The number of ether oxygens (including phenoxy) is 2. The number of hydrogen-bond donors (Lipinski definition) is 0. The SMILES string of the molecule is O=C1C=C/C(=C/C=C/C=C2\C=CC(=O)O2)O1. The maximum atomic E-state index is 10.7. The van der Waals surface area contributed by atoms with Crippen molar-refractivity contribution in [3.05, 3.63) is 60.1 Å². The van der Waals surface area contributed by atoms with Crippen molar-refractivity contribution in [1.29, 1.82) is 0 Å². The van der Waals surface area contributed by atoms with Gasteiger partial charge in [-0.2, -0.15) is 0 Å². The van der Waals surface area contributed by atoms with Gasteiger partial charge >= 0.3 is 11.9 Å². The molecule has 0 aliphatic carbocycles. The predicted molar refractivity (Wildman–Crippen MR) is 55.8 cm³/mol. The highest BCUT2D eigenvalue weighted by Crippen LogP contribution is 2.10. The van der Waals surface area contributed by atoms with Crippen LogP contribution in [0.3, 0.4) is 0 Å². The number of allylic oxidation sites excluding steroid dienone is 6. The summed E-state index contributed by atoms with van der Waals surface area (Å²) in [4.78, 5) is 21.4. The van der Waals surface area contributed by atoms with Crippen LogP contribution in [0, 0.1) is 0 Å². The standard InChI is InChI=1S/C12H8O4/c13-11-7-5-9(15-11)3-1-2-4-10-6-8-12(14)16-10/h1-8H/b2-1+,9-3-,10-4+. The molecule has 0 N–H and O–H groups in total. The summed E-state index contributed by atoms with van der Waals surface area (Å²) in [5.41, 5.74) is 0. The molecule has 0 aromatic heterocycles. The zero-order chi connectivity index (χ0) is 11.4. The maximum Gasteiger partial charge on any atom is 0.336 e. The molecule has 4 nitrogen and oxygen atoms in total. The van der Waals surface area contributed by atoms with E-state index < -0.39 is 0 Å². The number of rotatable bonds is 2. The van der Waals surface area contributed by atoms with Crippen LogP contribution in [0.15, 0.2) is 60.1 Å². The average Bonchev–Trinajstić information content (AvgIpc) is 2.83. The second-order valence-electron chi connectivity index (χ2n) is 3.03.